The molecule has 0 spiro atoms. The van der Waals surface area contributed by atoms with Gasteiger partial charge in [0.1, 0.15) is 22.6 Å². The summed E-state index contributed by atoms with van der Waals surface area (Å²) in [6.07, 6.45) is 8.18. The highest BCUT2D eigenvalue weighted by atomic mass is 16.5. The van der Waals surface area contributed by atoms with Crippen molar-refractivity contribution in [3.8, 4) is 16.9 Å². The van der Waals surface area contributed by atoms with E-state index in [0.29, 0.717) is 17.4 Å². The van der Waals surface area contributed by atoms with Gasteiger partial charge in [-0.15, -0.1) is 0 Å². The SMILES string of the molecule is CCc1nc2c(N)ncc(-c3ccc(N4CCC(N5CCN(C)CC5)CC4)c(OC)c3)c2nc1NC1CCCC(O)C1. The van der Waals surface area contributed by atoms with E-state index in [1.165, 1.54) is 25.9 Å². The van der Waals surface area contributed by atoms with Crippen LogP contribution in [0.2, 0.25) is 0 Å². The van der Waals surface area contributed by atoms with Crippen LogP contribution in [-0.4, -0.2) is 101 Å². The van der Waals surface area contributed by atoms with Gasteiger partial charge in [-0.3, -0.25) is 4.90 Å². The zero-order chi connectivity index (χ0) is 29.2. The Morgan fingerprint density at radius 3 is 2.52 bits per heavy atom. The molecular weight excluding hydrogens is 528 g/mol. The van der Waals surface area contributed by atoms with E-state index in [2.05, 4.69) is 57.2 Å². The smallest absolute Gasteiger partial charge is 0.151 e. The van der Waals surface area contributed by atoms with Gasteiger partial charge in [0.2, 0.25) is 0 Å². The van der Waals surface area contributed by atoms with Crippen LogP contribution in [0.5, 0.6) is 5.75 Å². The maximum absolute atomic E-state index is 10.2. The topological polar surface area (TPSA) is 116 Å². The second kappa shape index (κ2) is 12.6. The van der Waals surface area contributed by atoms with E-state index in [9.17, 15) is 5.11 Å². The Kier molecular flexibility index (Phi) is 8.65. The fourth-order valence-electron chi connectivity index (χ4n) is 6.92. The Morgan fingerprint density at radius 2 is 1.81 bits per heavy atom. The quantitative estimate of drug-likeness (QED) is 0.385. The number of pyridine rings is 1. The number of aliphatic hydroxyl groups excluding tert-OH is 1. The summed E-state index contributed by atoms with van der Waals surface area (Å²) in [6, 6.07) is 7.24. The van der Waals surface area contributed by atoms with Crippen molar-refractivity contribution in [3.05, 3.63) is 30.1 Å². The van der Waals surface area contributed by atoms with E-state index in [-0.39, 0.29) is 12.1 Å². The zero-order valence-corrected chi connectivity index (χ0v) is 25.3. The van der Waals surface area contributed by atoms with Crippen LogP contribution >= 0.6 is 0 Å². The fraction of sp³-hybridized carbons (Fsp3) is 0.594. The molecule has 3 aliphatic rings. The number of nitrogens with two attached hydrogens (primary N) is 1. The van der Waals surface area contributed by atoms with Gasteiger partial charge in [-0.05, 0) is 69.7 Å². The van der Waals surface area contributed by atoms with Gasteiger partial charge >= 0.3 is 0 Å². The summed E-state index contributed by atoms with van der Waals surface area (Å²) < 4.78 is 5.95. The van der Waals surface area contributed by atoms with Gasteiger partial charge in [0, 0.05) is 63.1 Å². The highest BCUT2D eigenvalue weighted by molar-refractivity contribution is 5.97. The molecule has 2 saturated heterocycles. The normalized spacial score (nSPS) is 22.9. The average Bonchev–Trinajstić information content (AvgIpc) is 3.01. The number of anilines is 3. The van der Waals surface area contributed by atoms with Crippen LogP contribution in [0.4, 0.5) is 17.3 Å². The van der Waals surface area contributed by atoms with E-state index in [1.807, 2.05) is 0 Å². The first kappa shape index (κ1) is 28.9. The van der Waals surface area contributed by atoms with Gasteiger partial charge in [0.05, 0.1) is 24.6 Å². The lowest BCUT2D eigenvalue weighted by Crippen LogP contribution is -2.52. The van der Waals surface area contributed by atoms with Gasteiger partial charge in [0.15, 0.2) is 5.82 Å². The van der Waals surface area contributed by atoms with Crippen LogP contribution in [0.15, 0.2) is 24.4 Å². The molecule has 1 saturated carbocycles. The summed E-state index contributed by atoms with van der Waals surface area (Å²) in [5.74, 6) is 1.99. The standard InChI is InChI=1S/C32H46N8O2/c1-4-26-32(35-22-6-5-7-24(41)19-22)37-29-25(20-34-31(33)30(29)36-26)21-8-9-27(28(18-21)42-3)40-12-10-23(11-13-40)39-16-14-38(2)15-17-39/h8-9,18,20,22-24,41H,4-7,10-17,19H2,1-3H3,(H2,33,34)(H,35,37). The summed E-state index contributed by atoms with van der Waals surface area (Å²) in [4.78, 5) is 22.1. The molecule has 1 aromatic carbocycles. The number of nitrogens with one attached hydrogen (secondary N) is 1. The number of aromatic nitrogens is 3. The van der Waals surface area contributed by atoms with E-state index in [4.69, 9.17) is 20.4 Å². The van der Waals surface area contributed by atoms with Crippen molar-refractivity contribution in [3.63, 3.8) is 0 Å². The number of methoxy groups -OCH3 is 1. The third-order valence-electron chi connectivity index (χ3n) is 9.47. The molecule has 4 heterocycles. The molecule has 10 nitrogen and oxygen atoms in total. The summed E-state index contributed by atoms with van der Waals surface area (Å²) in [5.41, 5.74) is 11.5. The number of rotatable bonds is 7. The molecule has 2 aromatic heterocycles. The first-order valence-electron chi connectivity index (χ1n) is 15.7. The van der Waals surface area contributed by atoms with Crippen molar-refractivity contribution >= 4 is 28.4 Å². The molecule has 2 aliphatic heterocycles. The summed E-state index contributed by atoms with van der Waals surface area (Å²) in [6.45, 7) is 8.79. The number of nitrogen functional groups attached to an aromatic ring is 1. The van der Waals surface area contributed by atoms with Gasteiger partial charge in [-0.2, -0.15) is 0 Å². The van der Waals surface area contributed by atoms with Crippen molar-refractivity contribution in [2.45, 2.75) is 70.1 Å². The first-order valence-corrected chi connectivity index (χ1v) is 15.7. The number of fused-ring (bicyclic) bond motifs is 1. The maximum Gasteiger partial charge on any atom is 0.151 e. The molecule has 0 amide bonds. The summed E-state index contributed by atoms with van der Waals surface area (Å²) >= 11 is 0. The number of piperidine rings is 1. The summed E-state index contributed by atoms with van der Waals surface area (Å²) in [7, 11) is 3.96. The Balaban J connectivity index is 1.26. The summed E-state index contributed by atoms with van der Waals surface area (Å²) in [5, 5.41) is 13.8. The van der Waals surface area contributed by atoms with Crippen molar-refractivity contribution in [2.75, 3.05) is 69.4 Å². The number of ether oxygens (including phenoxy) is 1. The zero-order valence-electron chi connectivity index (χ0n) is 25.3. The van der Waals surface area contributed by atoms with Crippen LogP contribution in [0.25, 0.3) is 22.2 Å². The molecule has 10 heteroatoms. The van der Waals surface area contributed by atoms with Crippen LogP contribution in [0, 0.1) is 0 Å². The molecule has 0 bridgehead atoms. The minimum atomic E-state index is -0.270. The lowest BCUT2D eigenvalue weighted by Gasteiger charge is -2.42. The van der Waals surface area contributed by atoms with Crippen LogP contribution in [-0.2, 0) is 6.42 Å². The Bertz CT molecular complexity index is 1380. The Hall–Kier alpha value is -3.21. The predicted molar refractivity (Wildman–Crippen MR) is 169 cm³/mol. The number of likely N-dealkylation sites (N-methyl/N-ethyl adjacent to an activating group) is 1. The first-order chi connectivity index (χ1) is 20.4. The molecule has 3 aromatic rings. The van der Waals surface area contributed by atoms with Crippen LogP contribution in [0.3, 0.4) is 0 Å². The monoisotopic (exact) mass is 574 g/mol. The maximum atomic E-state index is 10.2. The third-order valence-corrected chi connectivity index (χ3v) is 9.47. The van der Waals surface area contributed by atoms with Gasteiger partial charge in [-0.25, -0.2) is 15.0 Å². The number of aryl methyl sites for hydroxylation is 1. The van der Waals surface area contributed by atoms with Gasteiger partial charge in [-0.1, -0.05) is 13.0 Å². The predicted octanol–water partition coefficient (Wildman–Crippen LogP) is 3.78. The van der Waals surface area contributed by atoms with Crippen LogP contribution < -0.4 is 20.7 Å². The lowest BCUT2D eigenvalue weighted by atomic mass is 9.93. The molecular formula is C32H46N8O2. The number of hydrogen-bond donors (Lipinski definition) is 3. The van der Waals surface area contributed by atoms with E-state index in [1.54, 1.807) is 13.3 Å². The third kappa shape index (κ3) is 5.98. The molecule has 6 rings (SSSR count). The van der Waals surface area contributed by atoms with Gasteiger partial charge < -0.3 is 30.7 Å². The van der Waals surface area contributed by atoms with Crippen molar-refractivity contribution < 1.29 is 9.84 Å². The number of piperazine rings is 1. The highest BCUT2D eigenvalue weighted by Crippen LogP contribution is 2.38. The molecule has 0 radical (unpaired) electrons. The fourth-order valence-corrected chi connectivity index (χ4v) is 6.92. The second-order valence-electron chi connectivity index (χ2n) is 12.2. The Labute approximate surface area is 249 Å². The number of nitrogens with zero attached hydrogens (tertiary/aromatic N) is 6. The molecule has 4 N–H and O–H groups in total. The van der Waals surface area contributed by atoms with Crippen LogP contribution in [0.1, 0.15) is 51.1 Å². The molecule has 42 heavy (non-hydrogen) atoms. The van der Waals surface area contributed by atoms with E-state index < -0.39 is 0 Å². The van der Waals surface area contributed by atoms with Crippen molar-refractivity contribution in [1.82, 2.24) is 24.8 Å². The second-order valence-corrected chi connectivity index (χ2v) is 12.2. The van der Waals surface area contributed by atoms with E-state index >= 15 is 0 Å². The average molecular weight is 575 g/mol. The molecule has 1 aliphatic carbocycles. The van der Waals surface area contributed by atoms with Crippen molar-refractivity contribution in [1.29, 1.82) is 0 Å². The molecule has 3 fully saturated rings. The largest absolute Gasteiger partial charge is 0.495 e. The highest BCUT2D eigenvalue weighted by Gasteiger charge is 2.28. The number of benzene rings is 1. The Morgan fingerprint density at radius 1 is 1.02 bits per heavy atom. The number of hydrogen-bond acceptors (Lipinski definition) is 10. The van der Waals surface area contributed by atoms with E-state index in [0.717, 1.165) is 97.9 Å². The number of aliphatic hydroxyl groups is 1. The molecule has 2 unspecified atom stereocenters. The molecule has 2 atom stereocenters. The van der Waals surface area contributed by atoms with Gasteiger partial charge in [0.25, 0.3) is 0 Å². The minimum Gasteiger partial charge on any atom is -0.495 e. The van der Waals surface area contributed by atoms with Crippen molar-refractivity contribution in [2.24, 2.45) is 0 Å². The lowest BCUT2D eigenvalue weighted by molar-refractivity contribution is 0.0981. The minimum absolute atomic E-state index is 0.174. The molecule has 226 valence electrons.